The van der Waals surface area contributed by atoms with E-state index in [1.54, 1.807) is 29.2 Å². The van der Waals surface area contributed by atoms with Gasteiger partial charge < -0.3 is 24.2 Å². The first-order chi connectivity index (χ1) is 23.5. The smallest absolute Gasteiger partial charge is 0.303 e. The van der Waals surface area contributed by atoms with Gasteiger partial charge in [0.05, 0.1) is 0 Å². The van der Waals surface area contributed by atoms with Gasteiger partial charge >= 0.3 is 5.97 Å². The number of rotatable bonds is 18. The van der Waals surface area contributed by atoms with E-state index in [1.807, 2.05) is 109 Å². The summed E-state index contributed by atoms with van der Waals surface area (Å²) in [6.45, 7) is 2.34. The van der Waals surface area contributed by atoms with E-state index in [0.717, 1.165) is 33.8 Å². The fourth-order valence-corrected chi connectivity index (χ4v) is 5.16. The largest absolute Gasteiger partial charge is 0.489 e. The molecule has 0 spiro atoms. The van der Waals surface area contributed by atoms with E-state index >= 15 is 0 Å². The predicted octanol–water partition coefficient (Wildman–Crippen LogP) is 8.36. The van der Waals surface area contributed by atoms with Crippen LogP contribution in [0.1, 0.15) is 51.9 Å². The Morgan fingerprint density at radius 2 is 1.06 bits per heavy atom. The van der Waals surface area contributed by atoms with Crippen molar-refractivity contribution in [1.29, 1.82) is 0 Å². The van der Waals surface area contributed by atoms with E-state index in [2.05, 4.69) is 0 Å². The normalized spacial score (nSPS) is 10.7. The van der Waals surface area contributed by atoms with Crippen molar-refractivity contribution in [3.63, 3.8) is 0 Å². The van der Waals surface area contributed by atoms with Crippen molar-refractivity contribution in [2.75, 3.05) is 13.1 Å². The zero-order valence-corrected chi connectivity index (χ0v) is 27.0. The summed E-state index contributed by atoms with van der Waals surface area (Å²) in [7, 11) is 0. The molecule has 0 radical (unpaired) electrons. The van der Waals surface area contributed by atoms with Gasteiger partial charge in [0.15, 0.2) is 0 Å². The van der Waals surface area contributed by atoms with Crippen LogP contribution < -0.4 is 14.2 Å². The average Bonchev–Trinajstić information content (AvgIpc) is 3.13. The van der Waals surface area contributed by atoms with Gasteiger partial charge in [-0.15, -0.1) is 0 Å². The van der Waals surface area contributed by atoms with Crippen LogP contribution in [-0.4, -0.2) is 35.0 Å². The van der Waals surface area contributed by atoms with Crippen molar-refractivity contribution in [2.45, 2.75) is 45.5 Å². The Balaban J connectivity index is 1.14. The number of ether oxygens (including phenoxy) is 3. The Morgan fingerprint density at radius 1 is 0.521 bits per heavy atom. The van der Waals surface area contributed by atoms with Crippen LogP contribution in [0.15, 0.2) is 133 Å². The summed E-state index contributed by atoms with van der Waals surface area (Å²) in [6.07, 6.45) is 1.87. The molecule has 0 aromatic heterocycles. The number of hydrogen-bond donors (Lipinski definition) is 1. The lowest BCUT2D eigenvalue weighted by atomic mass is 10.1. The van der Waals surface area contributed by atoms with Crippen molar-refractivity contribution in [3.05, 3.63) is 161 Å². The van der Waals surface area contributed by atoms with Crippen molar-refractivity contribution < 1.29 is 28.9 Å². The number of nitrogens with zero attached hydrogens (tertiary/aromatic N) is 1. The maximum atomic E-state index is 13.6. The Morgan fingerprint density at radius 3 is 1.67 bits per heavy atom. The van der Waals surface area contributed by atoms with E-state index in [1.165, 1.54) is 0 Å². The summed E-state index contributed by atoms with van der Waals surface area (Å²) in [4.78, 5) is 26.4. The third-order valence-corrected chi connectivity index (χ3v) is 7.85. The second kappa shape index (κ2) is 18.0. The van der Waals surface area contributed by atoms with E-state index < -0.39 is 5.97 Å². The molecular weight excluding hydrogens is 602 g/mol. The van der Waals surface area contributed by atoms with Crippen LogP contribution in [0, 0.1) is 0 Å². The Bertz CT molecular complexity index is 1710. The van der Waals surface area contributed by atoms with Crippen molar-refractivity contribution in [3.8, 4) is 17.2 Å². The van der Waals surface area contributed by atoms with Crippen LogP contribution >= 0.6 is 0 Å². The molecule has 0 atom stereocenters. The summed E-state index contributed by atoms with van der Waals surface area (Å²) in [5, 5.41) is 9.06. The number of carboxylic acid groups (broad SMARTS) is 1. The molecule has 7 nitrogen and oxygen atoms in total. The van der Waals surface area contributed by atoms with E-state index in [4.69, 9.17) is 19.3 Å². The summed E-state index contributed by atoms with van der Waals surface area (Å²) < 4.78 is 17.9. The van der Waals surface area contributed by atoms with Gasteiger partial charge in [-0.1, -0.05) is 84.9 Å². The predicted molar refractivity (Wildman–Crippen MR) is 186 cm³/mol. The fourth-order valence-electron chi connectivity index (χ4n) is 5.16. The third kappa shape index (κ3) is 11.1. The first-order valence-electron chi connectivity index (χ1n) is 16.3. The van der Waals surface area contributed by atoms with Crippen LogP contribution in [0.2, 0.25) is 0 Å². The highest BCUT2D eigenvalue weighted by molar-refractivity contribution is 5.94. The zero-order chi connectivity index (χ0) is 33.4. The van der Waals surface area contributed by atoms with Crippen LogP contribution in [0.5, 0.6) is 17.2 Å². The average molecular weight is 644 g/mol. The summed E-state index contributed by atoms with van der Waals surface area (Å²) in [5.74, 6) is 1.30. The number of amides is 1. The Labute approximate surface area is 282 Å². The van der Waals surface area contributed by atoms with Gasteiger partial charge in [-0.25, -0.2) is 0 Å². The molecule has 0 aliphatic carbocycles. The molecule has 0 aliphatic heterocycles. The lowest BCUT2D eigenvalue weighted by Crippen LogP contribution is -2.34. The lowest BCUT2D eigenvalue weighted by Gasteiger charge is -2.23. The molecule has 1 N–H and O–H groups in total. The van der Waals surface area contributed by atoms with Crippen LogP contribution in [-0.2, 0) is 31.0 Å². The van der Waals surface area contributed by atoms with Crippen LogP contribution in [0.4, 0.5) is 0 Å². The van der Waals surface area contributed by atoms with E-state index in [0.29, 0.717) is 63.5 Å². The standard InChI is InChI=1S/C41H41NO6/c43-40(44)16-7-8-26-42(27-25-32-17-21-37(22-18-32)46-29-33-10-3-1-4-11-33)41(45)36-19-23-38(24-20-36)47-31-35-14-9-15-39(28-35)48-30-34-12-5-2-6-13-34/h1-6,9-15,17-24,28H,7-8,16,25-27,29-31H2,(H,43,44). The minimum absolute atomic E-state index is 0.0839. The third-order valence-electron chi connectivity index (χ3n) is 7.85. The molecular formula is C41H41NO6. The van der Waals surface area contributed by atoms with Gasteiger partial charge in [0.1, 0.15) is 37.1 Å². The van der Waals surface area contributed by atoms with Crippen LogP contribution in [0.25, 0.3) is 0 Å². The molecule has 0 saturated carbocycles. The fraction of sp³-hybridized carbons (Fsp3) is 0.220. The van der Waals surface area contributed by atoms with Gasteiger partial charge in [0.25, 0.3) is 5.91 Å². The molecule has 0 fully saturated rings. The van der Waals surface area contributed by atoms with Crippen molar-refractivity contribution >= 4 is 11.9 Å². The minimum Gasteiger partial charge on any atom is -0.489 e. The second-order valence-corrected chi connectivity index (χ2v) is 11.5. The number of benzene rings is 5. The van der Waals surface area contributed by atoms with E-state index in [-0.39, 0.29) is 12.3 Å². The minimum atomic E-state index is -0.829. The van der Waals surface area contributed by atoms with E-state index in [9.17, 15) is 9.59 Å². The molecule has 0 bridgehead atoms. The van der Waals surface area contributed by atoms with Gasteiger partial charge in [-0.3, -0.25) is 9.59 Å². The highest BCUT2D eigenvalue weighted by Crippen LogP contribution is 2.20. The number of unbranched alkanes of at least 4 members (excludes halogenated alkanes) is 1. The van der Waals surface area contributed by atoms with Gasteiger partial charge in [0.2, 0.25) is 0 Å². The van der Waals surface area contributed by atoms with Crippen molar-refractivity contribution in [2.24, 2.45) is 0 Å². The topological polar surface area (TPSA) is 85.3 Å². The maximum Gasteiger partial charge on any atom is 0.303 e. The number of carboxylic acids is 1. The Kier molecular flexibility index (Phi) is 12.6. The second-order valence-electron chi connectivity index (χ2n) is 11.5. The van der Waals surface area contributed by atoms with Crippen molar-refractivity contribution in [1.82, 2.24) is 4.90 Å². The molecule has 0 saturated heterocycles. The molecule has 7 heteroatoms. The molecule has 48 heavy (non-hydrogen) atoms. The summed E-state index contributed by atoms with van der Waals surface area (Å²) >= 11 is 0. The number of aliphatic carboxylic acids is 1. The first kappa shape index (κ1) is 33.8. The summed E-state index contributed by atoms with van der Waals surface area (Å²) in [6, 6.07) is 43.0. The Hall–Kier alpha value is -5.56. The highest BCUT2D eigenvalue weighted by Gasteiger charge is 2.16. The molecule has 1 amide bonds. The SMILES string of the molecule is O=C(O)CCCCN(CCc1ccc(OCc2ccccc2)cc1)C(=O)c1ccc(OCc2cccc(OCc3ccccc3)c2)cc1. The summed E-state index contributed by atoms with van der Waals surface area (Å²) in [5.41, 5.74) is 4.83. The lowest BCUT2D eigenvalue weighted by molar-refractivity contribution is -0.137. The number of carbonyl (C=O) groups excluding carboxylic acids is 1. The maximum absolute atomic E-state index is 13.6. The molecule has 0 unspecified atom stereocenters. The number of hydrogen-bond acceptors (Lipinski definition) is 5. The van der Waals surface area contributed by atoms with Gasteiger partial charge in [0, 0.05) is 25.1 Å². The first-order valence-corrected chi connectivity index (χ1v) is 16.3. The van der Waals surface area contributed by atoms with Crippen LogP contribution in [0.3, 0.4) is 0 Å². The molecule has 246 valence electrons. The van der Waals surface area contributed by atoms with Gasteiger partial charge in [-0.2, -0.15) is 0 Å². The molecule has 5 rings (SSSR count). The molecule has 0 aliphatic rings. The van der Waals surface area contributed by atoms with Gasteiger partial charge in [-0.05, 0) is 90.0 Å². The molecule has 5 aromatic carbocycles. The molecule has 5 aromatic rings. The quantitative estimate of drug-likeness (QED) is 0.0966. The highest BCUT2D eigenvalue weighted by atomic mass is 16.5. The number of carbonyl (C=O) groups is 2. The zero-order valence-electron chi connectivity index (χ0n) is 27.0. The molecule has 0 heterocycles. The monoisotopic (exact) mass is 643 g/mol.